The van der Waals surface area contributed by atoms with Crippen LogP contribution in [-0.4, -0.2) is 27.4 Å². The average molecular weight is 306 g/mol. The molecule has 116 valence electrons. The Kier molecular flexibility index (Phi) is 3.33. The Bertz CT molecular complexity index is 884. The van der Waals surface area contributed by atoms with Crippen LogP contribution in [0.2, 0.25) is 0 Å². The van der Waals surface area contributed by atoms with Crippen LogP contribution in [0, 0.1) is 0 Å². The zero-order valence-corrected chi connectivity index (χ0v) is 13.1. The molecule has 1 aliphatic rings. The molecule has 0 saturated carbocycles. The van der Waals surface area contributed by atoms with Crippen molar-refractivity contribution in [3.63, 3.8) is 0 Å². The lowest BCUT2D eigenvalue weighted by Crippen LogP contribution is -2.28. The molecule has 0 N–H and O–H groups in total. The maximum Gasteiger partial charge on any atom is 0.258 e. The van der Waals surface area contributed by atoms with Gasteiger partial charge in [-0.3, -0.25) is 4.79 Å². The number of hydrogen-bond acceptors (Lipinski definition) is 3. The van der Waals surface area contributed by atoms with Crippen molar-refractivity contribution in [2.45, 2.75) is 26.3 Å². The molecule has 3 aromatic rings. The van der Waals surface area contributed by atoms with Gasteiger partial charge in [0.15, 0.2) is 0 Å². The molecule has 1 aromatic heterocycles. The number of amides is 1. The molecule has 0 unspecified atom stereocenters. The Hall–Kier alpha value is -2.69. The predicted molar refractivity (Wildman–Crippen MR) is 89.6 cm³/mol. The maximum absolute atomic E-state index is 12.9. The molecule has 23 heavy (non-hydrogen) atoms. The van der Waals surface area contributed by atoms with Gasteiger partial charge in [-0.25, -0.2) is 4.68 Å². The number of benzene rings is 2. The van der Waals surface area contributed by atoms with Gasteiger partial charge >= 0.3 is 0 Å². The summed E-state index contributed by atoms with van der Waals surface area (Å²) in [5.74, 6) is 0.0295. The van der Waals surface area contributed by atoms with Gasteiger partial charge in [0.1, 0.15) is 5.52 Å². The quantitative estimate of drug-likeness (QED) is 0.747. The number of aryl methyl sites for hydroxylation is 1. The molecule has 0 saturated heterocycles. The summed E-state index contributed by atoms with van der Waals surface area (Å²) in [4.78, 5) is 14.7. The summed E-state index contributed by atoms with van der Waals surface area (Å²) >= 11 is 0. The van der Waals surface area contributed by atoms with Gasteiger partial charge in [0.25, 0.3) is 5.91 Å². The van der Waals surface area contributed by atoms with Gasteiger partial charge in [0.2, 0.25) is 0 Å². The average Bonchev–Trinajstić information content (AvgIpc) is 3.18. The molecule has 1 aliphatic heterocycles. The van der Waals surface area contributed by atoms with Gasteiger partial charge in [0, 0.05) is 24.3 Å². The first kappa shape index (κ1) is 13.9. The second-order valence-corrected chi connectivity index (χ2v) is 5.85. The van der Waals surface area contributed by atoms with Gasteiger partial charge in [-0.15, -0.1) is 5.10 Å². The third kappa shape index (κ3) is 2.29. The molecule has 0 spiro atoms. The van der Waals surface area contributed by atoms with E-state index >= 15 is 0 Å². The summed E-state index contributed by atoms with van der Waals surface area (Å²) in [5.41, 5.74) is 4.67. The van der Waals surface area contributed by atoms with Crippen LogP contribution in [0.1, 0.15) is 29.3 Å². The molecule has 0 fully saturated rings. The molecule has 2 heterocycles. The smallest absolute Gasteiger partial charge is 0.258 e. The topological polar surface area (TPSA) is 51.0 Å². The highest BCUT2D eigenvalue weighted by Crippen LogP contribution is 2.29. The van der Waals surface area contributed by atoms with Crippen molar-refractivity contribution >= 4 is 22.6 Å². The first-order valence-corrected chi connectivity index (χ1v) is 8.01. The highest BCUT2D eigenvalue weighted by atomic mass is 16.2. The first-order chi connectivity index (χ1) is 11.3. The summed E-state index contributed by atoms with van der Waals surface area (Å²) in [5, 5.41) is 8.35. The van der Waals surface area contributed by atoms with Crippen LogP contribution in [0.15, 0.2) is 42.5 Å². The zero-order chi connectivity index (χ0) is 15.8. The number of hydrogen-bond donors (Lipinski definition) is 0. The monoisotopic (exact) mass is 306 g/mol. The van der Waals surface area contributed by atoms with Crippen molar-refractivity contribution in [2.24, 2.45) is 0 Å². The van der Waals surface area contributed by atoms with Crippen LogP contribution < -0.4 is 4.90 Å². The largest absolute Gasteiger partial charge is 0.308 e. The lowest BCUT2D eigenvalue weighted by molar-refractivity contribution is 0.0989. The molecule has 0 atom stereocenters. The van der Waals surface area contributed by atoms with Gasteiger partial charge < -0.3 is 4.90 Å². The zero-order valence-electron chi connectivity index (χ0n) is 13.1. The van der Waals surface area contributed by atoms with E-state index in [1.165, 1.54) is 5.56 Å². The minimum atomic E-state index is 0.0295. The summed E-state index contributed by atoms with van der Waals surface area (Å²) in [6.07, 6.45) is 1.92. The Morgan fingerprint density at radius 3 is 2.96 bits per heavy atom. The van der Waals surface area contributed by atoms with Crippen molar-refractivity contribution in [1.82, 2.24) is 15.0 Å². The normalized spacial score (nSPS) is 13.5. The Balaban J connectivity index is 1.68. The molecular weight excluding hydrogens is 288 g/mol. The first-order valence-electron chi connectivity index (χ1n) is 8.01. The highest BCUT2D eigenvalue weighted by molar-refractivity contribution is 6.08. The fourth-order valence-corrected chi connectivity index (χ4v) is 3.19. The number of para-hydroxylation sites is 1. The molecule has 0 aliphatic carbocycles. The highest BCUT2D eigenvalue weighted by Gasteiger charge is 2.25. The van der Waals surface area contributed by atoms with E-state index < -0.39 is 0 Å². The Morgan fingerprint density at radius 2 is 2.09 bits per heavy atom. The minimum absolute atomic E-state index is 0.0295. The SMILES string of the molecule is CCCn1nnc2cc(C(=O)N3CCc4ccccc43)ccc21. The van der Waals surface area contributed by atoms with E-state index in [1.54, 1.807) is 0 Å². The Labute approximate surface area is 134 Å². The number of rotatable bonds is 3. The number of fused-ring (bicyclic) bond motifs is 2. The number of aromatic nitrogens is 3. The number of carbonyl (C=O) groups is 1. The molecule has 0 bridgehead atoms. The van der Waals surface area contributed by atoms with E-state index in [9.17, 15) is 4.79 Å². The molecular formula is C18H18N4O. The summed E-state index contributed by atoms with van der Waals surface area (Å²) in [6.45, 7) is 3.68. The predicted octanol–water partition coefficient (Wildman–Crippen LogP) is 3.04. The third-order valence-electron chi connectivity index (χ3n) is 4.33. The van der Waals surface area contributed by atoms with Crippen LogP contribution in [0.4, 0.5) is 5.69 Å². The minimum Gasteiger partial charge on any atom is -0.308 e. The number of nitrogens with zero attached hydrogens (tertiary/aromatic N) is 4. The van der Waals surface area contributed by atoms with Crippen molar-refractivity contribution < 1.29 is 4.79 Å². The fraction of sp³-hybridized carbons (Fsp3) is 0.278. The van der Waals surface area contributed by atoms with E-state index in [0.717, 1.165) is 42.7 Å². The van der Waals surface area contributed by atoms with E-state index in [2.05, 4.69) is 23.3 Å². The van der Waals surface area contributed by atoms with E-state index in [-0.39, 0.29) is 5.91 Å². The van der Waals surface area contributed by atoms with Crippen LogP contribution in [-0.2, 0) is 13.0 Å². The van der Waals surface area contributed by atoms with Crippen molar-refractivity contribution in [1.29, 1.82) is 0 Å². The fourth-order valence-electron chi connectivity index (χ4n) is 3.19. The van der Waals surface area contributed by atoms with Crippen molar-refractivity contribution in [3.8, 4) is 0 Å². The molecule has 5 heteroatoms. The van der Waals surface area contributed by atoms with E-state index in [1.807, 2.05) is 46.0 Å². The van der Waals surface area contributed by atoms with Gasteiger partial charge in [-0.2, -0.15) is 0 Å². The third-order valence-corrected chi connectivity index (χ3v) is 4.33. The van der Waals surface area contributed by atoms with Crippen LogP contribution in [0.5, 0.6) is 0 Å². The molecule has 4 rings (SSSR count). The van der Waals surface area contributed by atoms with Crippen LogP contribution >= 0.6 is 0 Å². The van der Waals surface area contributed by atoms with Gasteiger partial charge in [0.05, 0.1) is 5.52 Å². The van der Waals surface area contributed by atoms with E-state index in [0.29, 0.717) is 5.56 Å². The van der Waals surface area contributed by atoms with Gasteiger partial charge in [-0.1, -0.05) is 30.3 Å². The molecule has 2 aromatic carbocycles. The molecule has 5 nitrogen and oxygen atoms in total. The van der Waals surface area contributed by atoms with Crippen molar-refractivity contribution in [3.05, 3.63) is 53.6 Å². The van der Waals surface area contributed by atoms with E-state index in [4.69, 9.17) is 0 Å². The summed E-state index contributed by atoms with van der Waals surface area (Å²) in [6, 6.07) is 13.8. The standard InChI is InChI=1S/C18H18N4O/c1-2-10-22-17-8-7-14(12-15(17)19-20-22)18(23)21-11-9-13-5-3-4-6-16(13)21/h3-8,12H,2,9-11H2,1H3. The molecule has 0 radical (unpaired) electrons. The Morgan fingerprint density at radius 1 is 1.22 bits per heavy atom. The van der Waals surface area contributed by atoms with Crippen LogP contribution in [0.25, 0.3) is 11.0 Å². The summed E-state index contributed by atoms with van der Waals surface area (Å²) in [7, 11) is 0. The van der Waals surface area contributed by atoms with Crippen LogP contribution in [0.3, 0.4) is 0 Å². The molecule has 1 amide bonds. The second-order valence-electron chi connectivity index (χ2n) is 5.85. The summed E-state index contributed by atoms with van der Waals surface area (Å²) < 4.78 is 1.88. The van der Waals surface area contributed by atoms with Crippen molar-refractivity contribution in [2.75, 3.05) is 11.4 Å². The number of anilines is 1. The van der Waals surface area contributed by atoms with Gasteiger partial charge in [-0.05, 0) is 42.7 Å². The second kappa shape index (κ2) is 5.50. The lowest BCUT2D eigenvalue weighted by Gasteiger charge is -2.17. The number of carbonyl (C=O) groups excluding carboxylic acids is 1. The maximum atomic E-state index is 12.9. The lowest BCUT2D eigenvalue weighted by atomic mass is 10.1.